The number of aromatic nitrogens is 2. The van der Waals surface area contributed by atoms with Gasteiger partial charge in [0.2, 0.25) is 0 Å². The van der Waals surface area contributed by atoms with Gasteiger partial charge in [0.25, 0.3) is 0 Å². The lowest BCUT2D eigenvalue weighted by atomic mass is 9.87. The zero-order valence-electron chi connectivity index (χ0n) is 37.6. The summed E-state index contributed by atoms with van der Waals surface area (Å²) >= 11 is 0. The standard InChI is InChI=1S/C62H46N4O/c1-62(2,3)44-20-15-21-45(36-44)64-39-65(57-27-14-13-26-56(57)64)46-34-43(40-16-5-4-6-17-40)35-48(37-46)67-47-30-32-52-51-24-11-12-25-55(51)66(58(52)38-47)61-53-31-28-41-18-7-9-22-49(41)59(53)60-50-23-10-8-19-42(50)29-33-54(60)63-61/h4-38H,39H2,1-3H3. The number of hydrogen-bond acceptors (Lipinski definition) is 4. The molecule has 0 saturated carbocycles. The lowest BCUT2D eigenvalue weighted by Crippen LogP contribution is -2.24. The number of nitrogens with zero attached hydrogens (tertiary/aromatic N) is 4. The summed E-state index contributed by atoms with van der Waals surface area (Å²) in [5.41, 5.74) is 11.2. The van der Waals surface area contributed by atoms with Gasteiger partial charge in [-0.05, 0) is 110 Å². The number of benzene rings is 10. The maximum absolute atomic E-state index is 7.08. The molecule has 67 heavy (non-hydrogen) atoms. The first-order valence-corrected chi connectivity index (χ1v) is 23.1. The van der Waals surface area contributed by atoms with Crippen LogP contribution < -0.4 is 14.5 Å². The van der Waals surface area contributed by atoms with E-state index in [1.54, 1.807) is 0 Å². The van der Waals surface area contributed by atoms with Crippen molar-refractivity contribution in [3.05, 3.63) is 218 Å². The third kappa shape index (κ3) is 6.41. The Kier molecular flexibility index (Phi) is 8.78. The van der Waals surface area contributed by atoms with Crippen LogP contribution in [0.2, 0.25) is 0 Å². The Hall–Kier alpha value is -8.41. The number of hydrogen-bond donors (Lipinski definition) is 0. The smallest absolute Gasteiger partial charge is 0.146 e. The molecule has 0 amide bonds. The minimum absolute atomic E-state index is 0.0343. The van der Waals surface area contributed by atoms with Crippen LogP contribution in [0, 0.1) is 0 Å². The molecule has 0 atom stereocenters. The molecule has 0 unspecified atom stereocenters. The van der Waals surface area contributed by atoms with Crippen molar-refractivity contribution in [1.29, 1.82) is 0 Å². The van der Waals surface area contributed by atoms with Gasteiger partial charge in [0.1, 0.15) is 24.0 Å². The fourth-order valence-corrected chi connectivity index (χ4v) is 10.5. The van der Waals surface area contributed by atoms with Crippen molar-refractivity contribution in [2.75, 3.05) is 16.5 Å². The Morgan fingerprint density at radius 3 is 1.85 bits per heavy atom. The molecule has 3 heterocycles. The summed E-state index contributed by atoms with van der Waals surface area (Å²) in [6.45, 7) is 7.48. The van der Waals surface area contributed by atoms with Gasteiger partial charge in [-0.2, -0.15) is 0 Å². The topological polar surface area (TPSA) is 33.5 Å². The predicted molar refractivity (Wildman–Crippen MR) is 281 cm³/mol. The van der Waals surface area contributed by atoms with E-state index in [1.807, 2.05) is 0 Å². The van der Waals surface area contributed by atoms with Crippen LogP contribution >= 0.6 is 0 Å². The van der Waals surface area contributed by atoms with Crippen LogP contribution in [0.25, 0.3) is 82.0 Å². The summed E-state index contributed by atoms with van der Waals surface area (Å²) in [7, 11) is 0. The number of para-hydroxylation sites is 3. The Morgan fingerprint density at radius 2 is 1.07 bits per heavy atom. The molecule has 12 aromatic rings. The van der Waals surface area contributed by atoms with Crippen molar-refractivity contribution >= 4 is 87.8 Å². The van der Waals surface area contributed by atoms with Gasteiger partial charge < -0.3 is 14.5 Å². The molecule has 0 aliphatic carbocycles. The third-order valence-corrected chi connectivity index (χ3v) is 13.7. The van der Waals surface area contributed by atoms with E-state index in [-0.39, 0.29) is 5.41 Å². The minimum atomic E-state index is 0.0343. The van der Waals surface area contributed by atoms with Crippen molar-refractivity contribution in [2.24, 2.45) is 0 Å². The van der Waals surface area contributed by atoms with Crippen molar-refractivity contribution in [3.63, 3.8) is 0 Å². The molecule has 2 aromatic heterocycles. The van der Waals surface area contributed by atoms with Crippen molar-refractivity contribution in [2.45, 2.75) is 26.2 Å². The van der Waals surface area contributed by atoms with E-state index in [0.717, 1.165) is 72.5 Å². The van der Waals surface area contributed by atoms with Crippen LogP contribution in [0.1, 0.15) is 26.3 Å². The predicted octanol–water partition coefficient (Wildman–Crippen LogP) is 16.8. The van der Waals surface area contributed by atoms with Crippen LogP contribution in [-0.2, 0) is 5.41 Å². The highest BCUT2D eigenvalue weighted by Crippen LogP contribution is 2.47. The first kappa shape index (κ1) is 39.0. The Labute approximate surface area is 389 Å². The highest BCUT2D eigenvalue weighted by Gasteiger charge is 2.29. The summed E-state index contributed by atoms with van der Waals surface area (Å²) in [4.78, 5) is 10.4. The second-order valence-electron chi connectivity index (χ2n) is 18.8. The van der Waals surface area contributed by atoms with Crippen LogP contribution in [-0.4, -0.2) is 16.2 Å². The van der Waals surface area contributed by atoms with Gasteiger partial charge in [-0.25, -0.2) is 4.98 Å². The van der Waals surface area contributed by atoms with E-state index in [1.165, 1.54) is 49.3 Å². The first-order chi connectivity index (χ1) is 32.8. The molecule has 0 radical (unpaired) electrons. The summed E-state index contributed by atoms with van der Waals surface area (Å²) in [6, 6.07) is 76.4. The van der Waals surface area contributed by atoms with E-state index >= 15 is 0 Å². The zero-order chi connectivity index (χ0) is 44.8. The largest absolute Gasteiger partial charge is 0.457 e. The first-order valence-electron chi connectivity index (χ1n) is 23.1. The molecule has 10 aromatic carbocycles. The average Bonchev–Trinajstić information content (AvgIpc) is 3.92. The Morgan fingerprint density at radius 1 is 0.433 bits per heavy atom. The highest BCUT2D eigenvalue weighted by atomic mass is 16.5. The van der Waals surface area contributed by atoms with Crippen LogP contribution in [0.4, 0.5) is 22.7 Å². The molecule has 1 aliphatic rings. The summed E-state index contributed by atoms with van der Waals surface area (Å²) in [5, 5.41) is 10.6. The molecular formula is C62H46N4O. The molecule has 0 N–H and O–H groups in total. The van der Waals surface area contributed by atoms with E-state index in [4.69, 9.17) is 9.72 Å². The maximum atomic E-state index is 7.08. The normalized spacial score (nSPS) is 12.9. The fourth-order valence-electron chi connectivity index (χ4n) is 10.5. The van der Waals surface area contributed by atoms with Crippen molar-refractivity contribution in [3.8, 4) is 28.4 Å². The second-order valence-corrected chi connectivity index (χ2v) is 18.8. The molecule has 0 fully saturated rings. The second kappa shape index (κ2) is 15.1. The number of pyridine rings is 1. The summed E-state index contributed by atoms with van der Waals surface area (Å²) < 4.78 is 9.42. The van der Waals surface area contributed by atoms with Crippen molar-refractivity contribution < 1.29 is 4.74 Å². The summed E-state index contributed by atoms with van der Waals surface area (Å²) in [6.07, 6.45) is 0. The maximum Gasteiger partial charge on any atom is 0.146 e. The van der Waals surface area contributed by atoms with E-state index < -0.39 is 0 Å². The van der Waals surface area contributed by atoms with Gasteiger partial charge in [0.05, 0.1) is 27.9 Å². The molecule has 0 spiro atoms. The quantitative estimate of drug-likeness (QED) is 0.156. The Balaban J connectivity index is 0.976. The lowest BCUT2D eigenvalue weighted by Gasteiger charge is -2.25. The van der Waals surface area contributed by atoms with Crippen molar-refractivity contribution in [1.82, 2.24) is 9.55 Å². The van der Waals surface area contributed by atoms with Gasteiger partial charge in [-0.15, -0.1) is 0 Å². The average molecular weight is 863 g/mol. The zero-order valence-corrected chi connectivity index (χ0v) is 37.6. The van der Waals surface area contributed by atoms with Gasteiger partial charge in [0, 0.05) is 50.4 Å². The van der Waals surface area contributed by atoms with Crippen LogP contribution in [0.3, 0.4) is 0 Å². The minimum Gasteiger partial charge on any atom is -0.457 e. The lowest BCUT2D eigenvalue weighted by molar-refractivity contribution is 0.483. The van der Waals surface area contributed by atoms with E-state index in [9.17, 15) is 0 Å². The van der Waals surface area contributed by atoms with Crippen LogP contribution in [0.15, 0.2) is 212 Å². The van der Waals surface area contributed by atoms with Gasteiger partial charge >= 0.3 is 0 Å². The monoisotopic (exact) mass is 862 g/mol. The third-order valence-electron chi connectivity index (χ3n) is 13.7. The number of rotatable bonds is 6. The molecule has 320 valence electrons. The highest BCUT2D eigenvalue weighted by molar-refractivity contribution is 6.28. The number of anilines is 4. The molecule has 0 saturated heterocycles. The van der Waals surface area contributed by atoms with Crippen LogP contribution in [0.5, 0.6) is 11.5 Å². The van der Waals surface area contributed by atoms with Gasteiger partial charge in [0.15, 0.2) is 0 Å². The number of fused-ring (bicyclic) bond motifs is 11. The molecule has 5 nitrogen and oxygen atoms in total. The number of ether oxygens (including phenoxy) is 1. The molecular weight excluding hydrogens is 817 g/mol. The van der Waals surface area contributed by atoms with Gasteiger partial charge in [-0.1, -0.05) is 154 Å². The SMILES string of the molecule is CC(C)(C)c1cccc(N2CN(c3cc(Oc4ccc5c6ccccc6n(-c6nc7ccc8ccccc8c7c7c6ccc6ccccc67)c5c4)cc(-c4ccccc4)c3)c3ccccc32)c1. The molecule has 13 rings (SSSR count). The fraction of sp³-hybridized carbons (Fsp3) is 0.0806. The summed E-state index contributed by atoms with van der Waals surface area (Å²) in [5.74, 6) is 2.40. The molecule has 1 aliphatic heterocycles. The molecule has 0 bridgehead atoms. The Bertz CT molecular complexity index is 3940. The van der Waals surface area contributed by atoms with Gasteiger partial charge in [-0.3, -0.25) is 4.57 Å². The van der Waals surface area contributed by atoms with E-state index in [2.05, 4.69) is 247 Å². The molecule has 5 heteroatoms. The van der Waals surface area contributed by atoms with E-state index in [0.29, 0.717) is 6.67 Å².